The zero-order valence-corrected chi connectivity index (χ0v) is 10.6. The molecule has 1 aromatic carbocycles. The molecular weight excluding hydrogens is 259 g/mol. The van der Waals surface area contributed by atoms with Crippen LogP contribution in [0.1, 0.15) is 21.6 Å². The lowest BCUT2D eigenvalue weighted by atomic mass is 10.1. The second-order valence-corrected chi connectivity index (χ2v) is 3.96. The van der Waals surface area contributed by atoms with Crippen LogP contribution in [0.5, 0.6) is 0 Å². The van der Waals surface area contributed by atoms with Crippen LogP contribution in [0.3, 0.4) is 0 Å². The number of hydrogen-bond donors (Lipinski definition) is 3. The minimum absolute atomic E-state index is 0.173. The zero-order valence-electron chi connectivity index (χ0n) is 10.6. The molecule has 0 saturated carbocycles. The Kier molecular flexibility index (Phi) is 4.47. The van der Waals surface area contributed by atoms with E-state index in [1.165, 1.54) is 18.5 Å². The van der Waals surface area contributed by atoms with Gasteiger partial charge in [0.25, 0.3) is 5.91 Å². The van der Waals surface area contributed by atoms with E-state index >= 15 is 0 Å². The third kappa shape index (κ3) is 3.43. The molecule has 0 aliphatic carbocycles. The van der Waals surface area contributed by atoms with E-state index in [0.717, 1.165) is 11.8 Å². The van der Waals surface area contributed by atoms with Crippen molar-refractivity contribution < 1.29 is 9.18 Å². The lowest BCUT2D eigenvalue weighted by Gasteiger charge is -2.06. The van der Waals surface area contributed by atoms with E-state index in [1.807, 2.05) is 0 Å². The van der Waals surface area contributed by atoms with Crippen LogP contribution in [0.2, 0.25) is 0 Å². The fourth-order valence-electron chi connectivity index (χ4n) is 1.61. The predicted octanol–water partition coefficient (Wildman–Crippen LogP) is 0.789. The summed E-state index contributed by atoms with van der Waals surface area (Å²) in [6, 6.07) is 3.87. The normalized spacial score (nSPS) is 9.70. The average Bonchev–Trinajstić information content (AvgIpc) is 2.96. The highest BCUT2D eigenvalue weighted by Gasteiger charge is 2.11. The van der Waals surface area contributed by atoms with Gasteiger partial charge in [-0.1, -0.05) is 11.8 Å². The standard InChI is InChI=1S/C14H13FN4O/c15-11-4-3-10(2-1-5-16)13(6-11)14(20)18-8-12-7-17-9-19-12/h3-4,6-7,9H,5,8,16H2,(H,17,19)(H,18,20). The molecule has 0 atom stereocenters. The molecule has 1 aromatic heterocycles. The van der Waals surface area contributed by atoms with Crippen LogP contribution >= 0.6 is 0 Å². The molecule has 0 aliphatic rings. The number of nitrogens with one attached hydrogen (secondary N) is 2. The Morgan fingerprint density at radius 1 is 1.50 bits per heavy atom. The number of amides is 1. The van der Waals surface area contributed by atoms with E-state index in [-0.39, 0.29) is 18.7 Å². The van der Waals surface area contributed by atoms with Crippen LogP contribution in [0.25, 0.3) is 0 Å². The number of carbonyl (C=O) groups is 1. The van der Waals surface area contributed by atoms with Crippen molar-refractivity contribution in [3.8, 4) is 11.8 Å². The van der Waals surface area contributed by atoms with Gasteiger partial charge in [-0.3, -0.25) is 4.79 Å². The van der Waals surface area contributed by atoms with Gasteiger partial charge in [-0.25, -0.2) is 9.37 Å². The minimum atomic E-state index is -0.491. The summed E-state index contributed by atoms with van der Waals surface area (Å²) in [5.41, 5.74) is 6.68. The van der Waals surface area contributed by atoms with Gasteiger partial charge in [0, 0.05) is 11.8 Å². The van der Waals surface area contributed by atoms with Gasteiger partial charge in [0.2, 0.25) is 0 Å². The van der Waals surface area contributed by atoms with Crippen LogP contribution in [-0.4, -0.2) is 22.4 Å². The highest BCUT2D eigenvalue weighted by atomic mass is 19.1. The molecule has 0 fully saturated rings. The van der Waals surface area contributed by atoms with Crippen molar-refractivity contribution in [1.82, 2.24) is 15.3 Å². The molecule has 0 unspecified atom stereocenters. The Hall–Kier alpha value is -2.65. The summed E-state index contributed by atoms with van der Waals surface area (Å²) in [7, 11) is 0. The zero-order chi connectivity index (χ0) is 14.4. The maximum Gasteiger partial charge on any atom is 0.252 e. The smallest absolute Gasteiger partial charge is 0.252 e. The van der Waals surface area contributed by atoms with Crippen molar-refractivity contribution in [2.24, 2.45) is 5.73 Å². The van der Waals surface area contributed by atoms with Crippen LogP contribution < -0.4 is 11.1 Å². The number of aromatic amines is 1. The lowest BCUT2D eigenvalue weighted by Crippen LogP contribution is -2.24. The highest BCUT2D eigenvalue weighted by Crippen LogP contribution is 2.10. The van der Waals surface area contributed by atoms with Gasteiger partial charge >= 0.3 is 0 Å². The molecule has 2 aromatic rings. The van der Waals surface area contributed by atoms with Crippen molar-refractivity contribution in [3.05, 3.63) is 53.4 Å². The SMILES string of the molecule is NCC#Cc1ccc(F)cc1C(=O)NCc1cnc[nH]1. The fraction of sp³-hybridized carbons (Fsp3) is 0.143. The molecule has 20 heavy (non-hydrogen) atoms. The van der Waals surface area contributed by atoms with Crippen molar-refractivity contribution >= 4 is 5.91 Å². The van der Waals surface area contributed by atoms with Crippen LogP contribution in [0, 0.1) is 17.7 Å². The molecule has 6 heteroatoms. The Bertz CT molecular complexity index is 656. The topological polar surface area (TPSA) is 83.8 Å². The van der Waals surface area contributed by atoms with E-state index in [9.17, 15) is 9.18 Å². The molecule has 0 bridgehead atoms. The summed E-state index contributed by atoms with van der Waals surface area (Å²) >= 11 is 0. The summed E-state index contributed by atoms with van der Waals surface area (Å²) < 4.78 is 13.3. The largest absolute Gasteiger partial charge is 0.347 e. The van der Waals surface area contributed by atoms with E-state index in [2.05, 4.69) is 27.1 Å². The number of benzene rings is 1. The van der Waals surface area contributed by atoms with Gasteiger partial charge in [0.1, 0.15) is 5.82 Å². The average molecular weight is 272 g/mol. The first-order valence-corrected chi connectivity index (χ1v) is 5.94. The molecule has 102 valence electrons. The molecule has 1 amide bonds. The summed E-state index contributed by atoms with van der Waals surface area (Å²) in [4.78, 5) is 18.8. The quantitative estimate of drug-likeness (QED) is 0.722. The third-order valence-corrected chi connectivity index (χ3v) is 2.55. The maximum absolute atomic E-state index is 13.3. The first-order chi connectivity index (χ1) is 9.70. The molecule has 1 heterocycles. The van der Waals surface area contributed by atoms with Gasteiger partial charge in [0.05, 0.1) is 30.7 Å². The monoisotopic (exact) mass is 272 g/mol. The number of halogens is 1. The van der Waals surface area contributed by atoms with Crippen LogP contribution in [0.4, 0.5) is 4.39 Å². The molecular formula is C14H13FN4O. The van der Waals surface area contributed by atoms with Gasteiger partial charge in [-0.2, -0.15) is 0 Å². The number of rotatable bonds is 3. The number of hydrogen-bond acceptors (Lipinski definition) is 3. The Morgan fingerprint density at radius 2 is 2.35 bits per heavy atom. The maximum atomic E-state index is 13.3. The molecule has 0 radical (unpaired) electrons. The predicted molar refractivity (Wildman–Crippen MR) is 72.1 cm³/mol. The Labute approximate surface area is 115 Å². The molecule has 0 spiro atoms. The summed E-state index contributed by atoms with van der Waals surface area (Å²) in [5, 5.41) is 2.67. The van der Waals surface area contributed by atoms with Crippen molar-refractivity contribution in [3.63, 3.8) is 0 Å². The van der Waals surface area contributed by atoms with E-state index in [0.29, 0.717) is 5.56 Å². The number of nitrogens with two attached hydrogens (primary N) is 1. The van der Waals surface area contributed by atoms with Crippen molar-refractivity contribution in [2.75, 3.05) is 6.54 Å². The molecule has 0 saturated heterocycles. The van der Waals surface area contributed by atoms with E-state index in [1.54, 1.807) is 6.20 Å². The number of nitrogens with zero attached hydrogens (tertiary/aromatic N) is 1. The summed E-state index contributed by atoms with van der Waals surface area (Å²) in [6.45, 7) is 0.450. The number of aromatic nitrogens is 2. The summed E-state index contributed by atoms with van der Waals surface area (Å²) in [5.74, 6) is 4.51. The Balaban J connectivity index is 2.17. The van der Waals surface area contributed by atoms with Crippen molar-refractivity contribution in [1.29, 1.82) is 0 Å². The first-order valence-electron chi connectivity index (χ1n) is 5.94. The van der Waals surface area contributed by atoms with Gasteiger partial charge in [0.15, 0.2) is 0 Å². The van der Waals surface area contributed by atoms with Crippen molar-refractivity contribution in [2.45, 2.75) is 6.54 Å². The molecule has 5 nitrogen and oxygen atoms in total. The summed E-state index contributed by atoms with van der Waals surface area (Å²) in [6.07, 6.45) is 3.11. The number of carbonyl (C=O) groups excluding carboxylic acids is 1. The second-order valence-electron chi connectivity index (χ2n) is 3.96. The lowest BCUT2D eigenvalue weighted by molar-refractivity contribution is 0.0950. The third-order valence-electron chi connectivity index (χ3n) is 2.55. The van der Waals surface area contributed by atoms with Gasteiger partial charge in [-0.05, 0) is 18.2 Å². The van der Waals surface area contributed by atoms with Gasteiger partial charge < -0.3 is 16.0 Å². The van der Waals surface area contributed by atoms with Crippen LogP contribution in [0.15, 0.2) is 30.7 Å². The molecule has 0 aliphatic heterocycles. The highest BCUT2D eigenvalue weighted by molar-refractivity contribution is 5.96. The number of imidazole rings is 1. The first kappa shape index (κ1) is 13.8. The van der Waals surface area contributed by atoms with Gasteiger partial charge in [-0.15, -0.1) is 0 Å². The second kappa shape index (κ2) is 6.50. The minimum Gasteiger partial charge on any atom is -0.347 e. The van der Waals surface area contributed by atoms with E-state index in [4.69, 9.17) is 5.73 Å². The Morgan fingerprint density at radius 3 is 3.05 bits per heavy atom. The number of H-pyrrole nitrogens is 1. The molecule has 2 rings (SSSR count). The fourth-order valence-corrected chi connectivity index (χ4v) is 1.61. The molecule has 4 N–H and O–H groups in total. The van der Waals surface area contributed by atoms with E-state index < -0.39 is 11.7 Å². The van der Waals surface area contributed by atoms with Crippen LogP contribution in [-0.2, 0) is 6.54 Å².